The first-order valence-electron chi connectivity index (χ1n) is 7.72. The first-order chi connectivity index (χ1) is 10.0. The van der Waals surface area contributed by atoms with Crippen LogP contribution in [0.4, 0.5) is 5.69 Å². The molecule has 0 amide bonds. The first kappa shape index (κ1) is 16.3. The van der Waals surface area contributed by atoms with Gasteiger partial charge in [-0.15, -0.1) is 0 Å². The minimum atomic E-state index is -0.237. The molecule has 1 fully saturated rings. The number of aryl methyl sites for hydroxylation is 1. The lowest BCUT2D eigenvalue weighted by Crippen LogP contribution is -2.41. The Morgan fingerprint density at radius 3 is 2.71 bits per heavy atom. The van der Waals surface area contributed by atoms with Gasteiger partial charge in [0.1, 0.15) is 5.02 Å². The lowest BCUT2D eigenvalue weighted by molar-refractivity contribution is 0.337. The van der Waals surface area contributed by atoms with Crippen molar-refractivity contribution < 1.29 is 0 Å². The van der Waals surface area contributed by atoms with Crippen molar-refractivity contribution in [1.29, 1.82) is 0 Å². The van der Waals surface area contributed by atoms with Crippen molar-refractivity contribution in [1.82, 2.24) is 15.1 Å². The summed E-state index contributed by atoms with van der Waals surface area (Å²) in [5.74, 6) is 0. The van der Waals surface area contributed by atoms with Gasteiger partial charge in [-0.3, -0.25) is 4.79 Å². The van der Waals surface area contributed by atoms with Gasteiger partial charge in [0.2, 0.25) is 0 Å². The normalized spacial score (nSPS) is 22.3. The van der Waals surface area contributed by atoms with Gasteiger partial charge in [0.15, 0.2) is 0 Å². The van der Waals surface area contributed by atoms with E-state index in [1.54, 1.807) is 13.2 Å². The summed E-state index contributed by atoms with van der Waals surface area (Å²) in [4.78, 5) is 14.0. The number of halogens is 1. The molecule has 0 aromatic carbocycles. The minimum absolute atomic E-state index is 0.237. The smallest absolute Gasteiger partial charge is 0.287 e. The molecule has 1 saturated carbocycles. The standard InChI is InChI=1S/C15H25ClN4O/c1-4-9-17-11-5-7-12(8-6-11)19(2)13-10-18-20(3)15(21)14(13)16/h10-12,17H,4-9H2,1-3H3. The average Bonchev–Trinajstić information content (AvgIpc) is 2.51. The molecule has 118 valence electrons. The average molecular weight is 313 g/mol. The van der Waals surface area contributed by atoms with Crippen molar-refractivity contribution >= 4 is 17.3 Å². The summed E-state index contributed by atoms with van der Waals surface area (Å²) in [7, 11) is 3.62. The second-order valence-electron chi connectivity index (χ2n) is 5.84. The number of rotatable bonds is 5. The first-order valence-corrected chi connectivity index (χ1v) is 8.10. The number of nitrogens with one attached hydrogen (secondary N) is 1. The fourth-order valence-electron chi connectivity index (χ4n) is 2.96. The van der Waals surface area contributed by atoms with Gasteiger partial charge < -0.3 is 10.2 Å². The van der Waals surface area contributed by atoms with Gasteiger partial charge >= 0.3 is 0 Å². The molecule has 0 aliphatic heterocycles. The molecular formula is C15H25ClN4O. The minimum Gasteiger partial charge on any atom is -0.369 e. The summed E-state index contributed by atoms with van der Waals surface area (Å²) in [5, 5.41) is 7.93. The Labute approximate surface area is 131 Å². The van der Waals surface area contributed by atoms with Crippen molar-refractivity contribution in [3.8, 4) is 0 Å². The molecule has 0 radical (unpaired) electrons. The number of nitrogens with zero attached hydrogens (tertiary/aromatic N) is 3. The summed E-state index contributed by atoms with van der Waals surface area (Å²) in [6, 6.07) is 1.06. The molecule has 2 rings (SSSR count). The number of hydrogen-bond acceptors (Lipinski definition) is 4. The SMILES string of the molecule is CCCNC1CCC(N(C)c2cnn(C)c(=O)c2Cl)CC1. The van der Waals surface area contributed by atoms with Gasteiger partial charge in [-0.2, -0.15) is 5.10 Å². The van der Waals surface area contributed by atoms with Crippen molar-refractivity contribution in [2.75, 3.05) is 18.5 Å². The van der Waals surface area contributed by atoms with E-state index in [4.69, 9.17) is 11.6 Å². The highest BCUT2D eigenvalue weighted by molar-refractivity contribution is 6.33. The van der Waals surface area contributed by atoms with E-state index in [9.17, 15) is 4.79 Å². The third-order valence-corrected chi connectivity index (χ3v) is 4.72. The molecule has 1 aliphatic carbocycles. The van der Waals surface area contributed by atoms with Gasteiger partial charge in [-0.25, -0.2) is 4.68 Å². The highest BCUT2D eigenvalue weighted by Gasteiger charge is 2.25. The topological polar surface area (TPSA) is 50.2 Å². The van der Waals surface area contributed by atoms with E-state index in [1.807, 2.05) is 7.05 Å². The van der Waals surface area contributed by atoms with Crippen LogP contribution in [0, 0.1) is 0 Å². The van der Waals surface area contributed by atoms with Crippen LogP contribution < -0.4 is 15.8 Å². The van der Waals surface area contributed by atoms with Crippen molar-refractivity contribution in [3.63, 3.8) is 0 Å². The zero-order chi connectivity index (χ0) is 15.4. The van der Waals surface area contributed by atoms with Gasteiger partial charge in [0, 0.05) is 26.2 Å². The molecule has 1 aromatic rings. The Morgan fingerprint density at radius 2 is 2.10 bits per heavy atom. The fourth-order valence-corrected chi connectivity index (χ4v) is 3.26. The second-order valence-corrected chi connectivity index (χ2v) is 6.22. The van der Waals surface area contributed by atoms with Crippen molar-refractivity contribution in [2.24, 2.45) is 7.05 Å². The van der Waals surface area contributed by atoms with Gasteiger partial charge in [-0.1, -0.05) is 18.5 Å². The number of anilines is 1. The Morgan fingerprint density at radius 1 is 1.43 bits per heavy atom. The molecular weight excluding hydrogens is 288 g/mol. The highest BCUT2D eigenvalue weighted by Crippen LogP contribution is 2.28. The molecule has 5 nitrogen and oxygen atoms in total. The predicted molar refractivity (Wildman–Crippen MR) is 87.2 cm³/mol. The molecule has 1 N–H and O–H groups in total. The van der Waals surface area contributed by atoms with E-state index in [-0.39, 0.29) is 10.6 Å². The zero-order valence-corrected chi connectivity index (χ0v) is 13.9. The Bertz CT molecular complexity index is 523. The third kappa shape index (κ3) is 3.77. The van der Waals surface area contributed by atoms with E-state index >= 15 is 0 Å². The predicted octanol–water partition coefficient (Wildman–Crippen LogP) is 2.18. The van der Waals surface area contributed by atoms with E-state index in [0.29, 0.717) is 12.1 Å². The lowest BCUT2D eigenvalue weighted by Gasteiger charge is -2.36. The Balaban J connectivity index is 2.01. The van der Waals surface area contributed by atoms with Gasteiger partial charge in [0.05, 0.1) is 11.9 Å². The maximum Gasteiger partial charge on any atom is 0.287 e. The van der Waals surface area contributed by atoms with Crippen LogP contribution in [0.3, 0.4) is 0 Å². The van der Waals surface area contributed by atoms with Crippen LogP contribution in [0.15, 0.2) is 11.0 Å². The maximum absolute atomic E-state index is 11.9. The van der Waals surface area contributed by atoms with Crippen LogP contribution in [0.25, 0.3) is 0 Å². The number of hydrogen-bond donors (Lipinski definition) is 1. The summed E-state index contributed by atoms with van der Waals surface area (Å²) >= 11 is 6.18. The van der Waals surface area contributed by atoms with E-state index in [1.165, 1.54) is 23.9 Å². The molecule has 0 spiro atoms. The molecule has 1 aliphatic rings. The van der Waals surface area contributed by atoms with Crippen LogP contribution in [0.1, 0.15) is 39.0 Å². The number of aromatic nitrogens is 2. The van der Waals surface area contributed by atoms with Crippen LogP contribution in [0.2, 0.25) is 5.02 Å². The van der Waals surface area contributed by atoms with Crippen molar-refractivity contribution in [3.05, 3.63) is 21.6 Å². The van der Waals surface area contributed by atoms with Crippen LogP contribution in [0.5, 0.6) is 0 Å². The van der Waals surface area contributed by atoms with Crippen LogP contribution in [-0.2, 0) is 7.05 Å². The molecule has 6 heteroatoms. The van der Waals surface area contributed by atoms with Crippen molar-refractivity contribution in [2.45, 2.75) is 51.1 Å². The third-order valence-electron chi connectivity index (χ3n) is 4.37. The molecule has 1 heterocycles. The Kier molecular flexibility index (Phi) is 5.65. The van der Waals surface area contributed by atoms with E-state index in [0.717, 1.165) is 25.1 Å². The summed E-state index contributed by atoms with van der Waals surface area (Å²) < 4.78 is 1.27. The van der Waals surface area contributed by atoms with Crippen LogP contribution >= 0.6 is 11.6 Å². The highest BCUT2D eigenvalue weighted by atomic mass is 35.5. The summed E-state index contributed by atoms with van der Waals surface area (Å²) in [6.07, 6.45) is 7.43. The second kappa shape index (κ2) is 7.27. The maximum atomic E-state index is 11.9. The van der Waals surface area contributed by atoms with E-state index < -0.39 is 0 Å². The van der Waals surface area contributed by atoms with Gasteiger partial charge in [-0.05, 0) is 38.6 Å². The molecule has 0 unspecified atom stereocenters. The largest absolute Gasteiger partial charge is 0.369 e. The molecule has 0 atom stereocenters. The zero-order valence-electron chi connectivity index (χ0n) is 13.1. The monoisotopic (exact) mass is 312 g/mol. The van der Waals surface area contributed by atoms with E-state index in [2.05, 4.69) is 22.2 Å². The summed E-state index contributed by atoms with van der Waals surface area (Å²) in [6.45, 7) is 3.28. The molecule has 0 saturated heterocycles. The van der Waals surface area contributed by atoms with Crippen LogP contribution in [-0.4, -0.2) is 35.5 Å². The molecule has 1 aromatic heterocycles. The quantitative estimate of drug-likeness (QED) is 0.905. The van der Waals surface area contributed by atoms with Gasteiger partial charge in [0.25, 0.3) is 5.56 Å². The molecule has 0 bridgehead atoms. The Hall–Kier alpha value is -1.07. The fraction of sp³-hybridized carbons (Fsp3) is 0.733. The lowest BCUT2D eigenvalue weighted by atomic mass is 9.90. The summed E-state index contributed by atoms with van der Waals surface area (Å²) in [5.41, 5.74) is 0.504. The molecule has 21 heavy (non-hydrogen) atoms.